The van der Waals surface area contributed by atoms with Crippen molar-refractivity contribution in [2.45, 2.75) is 31.2 Å². The average Bonchev–Trinajstić information content (AvgIpc) is 2.71. The van der Waals surface area contributed by atoms with Crippen molar-refractivity contribution in [1.29, 1.82) is 0 Å². The lowest BCUT2D eigenvalue weighted by molar-refractivity contribution is -0.121. The molecule has 1 amide bonds. The predicted octanol–water partition coefficient (Wildman–Crippen LogP) is 2.40. The molecule has 0 atom stereocenters. The number of para-hydroxylation sites is 1. The van der Waals surface area contributed by atoms with Gasteiger partial charge >= 0.3 is 0 Å². The number of benzene rings is 2. The van der Waals surface area contributed by atoms with Crippen LogP contribution < -0.4 is 14.8 Å². The van der Waals surface area contributed by atoms with E-state index in [1.54, 1.807) is 12.1 Å². The van der Waals surface area contributed by atoms with Crippen molar-refractivity contribution >= 4 is 15.9 Å². The molecule has 7 nitrogen and oxygen atoms in total. The third-order valence-electron chi connectivity index (χ3n) is 4.22. The summed E-state index contributed by atoms with van der Waals surface area (Å²) in [6.45, 7) is 3.31. The van der Waals surface area contributed by atoms with E-state index in [2.05, 4.69) is 10.0 Å². The van der Waals surface area contributed by atoms with E-state index in [1.807, 2.05) is 31.2 Å². The van der Waals surface area contributed by atoms with Crippen molar-refractivity contribution < 1.29 is 22.7 Å². The number of amides is 1. The highest BCUT2D eigenvalue weighted by atomic mass is 32.2. The van der Waals surface area contributed by atoms with Gasteiger partial charge in [0.25, 0.3) is 0 Å². The third-order valence-corrected chi connectivity index (χ3v) is 5.70. The predicted molar refractivity (Wildman–Crippen MR) is 111 cm³/mol. The fraction of sp³-hybridized carbons (Fsp3) is 0.381. The van der Waals surface area contributed by atoms with Crippen LogP contribution in [0.2, 0.25) is 0 Å². The van der Waals surface area contributed by atoms with Crippen molar-refractivity contribution in [2.75, 3.05) is 26.9 Å². The van der Waals surface area contributed by atoms with Gasteiger partial charge in [-0.05, 0) is 42.7 Å². The molecule has 0 aliphatic rings. The van der Waals surface area contributed by atoms with E-state index >= 15 is 0 Å². The summed E-state index contributed by atoms with van der Waals surface area (Å²) in [6.07, 6.45) is 0.978. The van der Waals surface area contributed by atoms with Crippen molar-refractivity contribution in [2.24, 2.45) is 0 Å². The molecule has 0 radical (unpaired) electrons. The lowest BCUT2D eigenvalue weighted by Crippen LogP contribution is -2.27. The van der Waals surface area contributed by atoms with Crippen LogP contribution in [0.3, 0.4) is 0 Å². The van der Waals surface area contributed by atoms with Crippen molar-refractivity contribution in [1.82, 2.24) is 10.0 Å². The highest BCUT2D eigenvalue weighted by Crippen LogP contribution is 2.16. The molecule has 0 spiro atoms. The maximum atomic E-state index is 12.1. The molecule has 29 heavy (non-hydrogen) atoms. The van der Waals surface area contributed by atoms with Gasteiger partial charge in [-0.3, -0.25) is 4.79 Å². The van der Waals surface area contributed by atoms with Gasteiger partial charge in [0.2, 0.25) is 15.9 Å². The Bertz CT molecular complexity index is 882. The summed E-state index contributed by atoms with van der Waals surface area (Å²) >= 11 is 0. The number of hydrogen-bond donors (Lipinski definition) is 2. The molecule has 0 aliphatic heterocycles. The number of ether oxygens (including phenoxy) is 2. The molecule has 0 aromatic heterocycles. The van der Waals surface area contributed by atoms with Gasteiger partial charge in [-0.2, -0.15) is 0 Å². The van der Waals surface area contributed by atoms with E-state index < -0.39 is 10.0 Å². The molecule has 0 saturated carbocycles. The van der Waals surface area contributed by atoms with Crippen LogP contribution in [0.15, 0.2) is 53.4 Å². The van der Waals surface area contributed by atoms with Gasteiger partial charge < -0.3 is 14.8 Å². The Morgan fingerprint density at radius 1 is 1.03 bits per heavy atom. The van der Waals surface area contributed by atoms with Crippen LogP contribution in [0.1, 0.15) is 24.0 Å². The molecular weight excluding hydrogens is 392 g/mol. The number of methoxy groups -OCH3 is 1. The molecular formula is C21H28N2O5S. The quantitative estimate of drug-likeness (QED) is 0.514. The van der Waals surface area contributed by atoms with Crippen LogP contribution in [0.25, 0.3) is 0 Å². The topological polar surface area (TPSA) is 93.7 Å². The molecule has 2 N–H and O–H groups in total. The Kier molecular flexibility index (Phi) is 9.11. The van der Waals surface area contributed by atoms with E-state index in [-0.39, 0.29) is 17.3 Å². The SMILES string of the molecule is COCCNS(=O)(=O)c1ccc(CNC(=O)CCCOc2ccccc2C)cc1. The Hall–Kier alpha value is -2.42. The second kappa shape index (κ2) is 11.5. The van der Waals surface area contributed by atoms with Crippen LogP contribution >= 0.6 is 0 Å². The number of hydrogen-bond acceptors (Lipinski definition) is 5. The maximum Gasteiger partial charge on any atom is 0.240 e. The molecule has 0 bridgehead atoms. The van der Waals surface area contributed by atoms with Crippen molar-refractivity contribution in [3.8, 4) is 5.75 Å². The van der Waals surface area contributed by atoms with Crippen molar-refractivity contribution in [3.05, 3.63) is 59.7 Å². The van der Waals surface area contributed by atoms with E-state index in [1.165, 1.54) is 19.2 Å². The molecule has 2 aromatic carbocycles. The van der Waals surface area contributed by atoms with Gasteiger partial charge in [0.15, 0.2) is 0 Å². The summed E-state index contributed by atoms with van der Waals surface area (Å²) < 4.78 is 37.2. The first kappa shape index (κ1) is 22.9. The first-order chi connectivity index (χ1) is 13.9. The van der Waals surface area contributed by atoms with E-state index in [0.717, 1.165) is 16.9 Å². The molecule has 158 valence electrons. The Labute approximate surface area is 172 Å². The van der Waals surface area contributed by atoms with Crippen LogP contribution in [0, 0.1) is 6.92 Å². The van der Waals surface area contributed by atoms with E-state index in [4.69, 9.17) is 9.47 Å². The smallest absolute Gasteiger partial charge is 0.240 e. The van der Waals surface area contributed by atoms with Crippen LogP contribution in [0.5, 0.6) is 5.75 Å². The van der Waals surface area contributed by atoms with Crippen LogP contribution in [-0.2, 0) is 26.1 Å². The largest absolute Gasteiger partial charge is 0.493 e. The summed E-state index contributed by atoms with van der Waals surface area (Å²) in [6, 6.07) is 14.2. The second-order valence-corrected chi connectivity index (χ2v) is 8.30. The minimum Gasteiger partial charge on any atom is -0.493 e. The van der Waals surface area contributed by atoms with Crippen LogP contribution in [-0.4, -0.2) is 41.2 Å². The molecule has 2 aromatic rings. The first-order valence-corrected chi connectivity index (χ1v) is 10.9. The number of nitrogens with one attached hydrogen (secondary N) is 2. The first-order valence-electron chi connectivity index (χ1n) is 9.45. The summed E-state index contributed by atoms with van der Waals surface area (Å²) in [7, 11) is -2.04. The Morgan fingerprint density at radius 3 is 2.45 bits per heavy atom. The minimum absolute atomic E-state index is 0.0729. The number of carbonyl (C=O) groups excluding carboxylic acids is 1. The van der Waals surface area contributed by atoms with E-state index in [0.29, 0.717) is 32.6 Å². The van der Waals surface area contributed by atoms with Gasteiger partial charge in [0, 0.05) is 26.6 Å². The summed E-state index contributed by atoms with van der Waals surface area (Å²) in [5.41, 5.74) is 1.89. The van der Waals surface area contributed by atoms with Crippen molar-refractivity contribution in [3.63, 3.8) is 0 Å². The third kappa shape index (κ3) is 7.84. The van der Waals surface area contributed by atoms with E-state index in [9.17, 15) is 13.2 Å². The molecule has 0 heterocycles. The number of carbonyl (C=O) groups is 1. The summed E-state index contributed by atoms with van der Waals surface area (Å²) in [5.74, 6) is 0.760. The van der Waals surface area contributed by atoms with Gasteiger partial charge in [-0.25, -0.2) is 13.1 Å². The van der Waals surface area contributed by atoms with Gasteiger partial charge in [0.1, 0.15) is 5.75 Å². The lowest BCUT2D eigenvalue weighted by Gasteiger charge is -2.10. The Balaban J connectivity index is 1.71. The highest BCUT2D eigenvalue weighted by Gasteiger charge is 2.13. The number of aryl methyl sites for hydroxylation is 1. The molecule has 8 heteroatoms. The molecule has 0 aliphatic carbocycles. The second-order valence-electron chi connectivity index (χ2n) is 6.53. The zero-order valence-corrected chi connectivity index (χ0v) is 17.6. The summed E-state index contributed by atoms with van der Waals surface area (Å²) in [5, 5.41) is 2.83. The maximum absolute atomic E-state index is 12.1. The van der Waals surface area contributed by atoms with Gasteiger partial charge in [-0.1, -0.05) is 30.3 Å². The molecule has 0 saturated heterocycles. The average molecular weight is 421 g/mol. The Morgan fingerprint density at radius 2 is 1.76 bits per heavy atom. The number of rotatable bonds is 12. The van der Waals surface area contributed by atoms with Gasteiger partial charge in [0.05, 0.1) is 18.1 Å². The zero-order valence-electron chi connectivity index (χ0n) is 16.8. The zero-order chi connectivity index (χ0) is 21.1. The minimum atomic E-state index is -3.55. The van der Waals surface area contributed by atoms with Crippen LogP contribution in [0.4, 0.5) is 0 Å². The molecule has 2 rings (SSSR count). The van der Waals surface area contributed by atoms with Gasteiger partial charge in [-0.15, -0.1) is 0 Å². The number of sulfonamides is 1. The fourth-order valence-corrected chi connectivity index (χ4v) is 3.58. The summed E-state index contributed by atoms with van der Waals surface area (Å²) in [4.78, 5) is 12.2. The normalized spacial score (nSPS) is 11.2. The molecule has 0 fully saturated rings. The molecule has 0 unspecified atom stereocenters. The fourth-order valence-electron chi connectivity index (χ4n) is 2.57. The standard InChI is InChI=1S/C21H28N2O5S/c1-17-6-3-4-7-20(17)28-14-5-8-21(24)22-16-18-9-11-19(12-10-18)29(25,26)23-13-15-27-2/h3-4,6-7,9-12,23H,5,8,13-16H2,1-2H3,(H,22,24). The lowest BCUT2D eigenvalue weighted by atomic mass is 10.2. The monoisotopic (exact) mass is 420 g/mol. The highest BCUT2D eigenvalue weighted by molar-refractivity contribution is 7.89.